The number of rotatable bonds is 7. The van der Waals surface area contributed by atoms with Crippen LogP contribution in [0.5, 0.6) is 0 Å². The number of benzene rings is 1. The Bertz CT molecular complexity index is 271. The van der Waals surface area contributed by atoms with Crippen molar-refractivity contribution < 1.29 is 0 Å². The summed E-state index contributed by atoms with van der Waals surface area (Å²) in [5, 5.41) is 6.97. The molecule has 90 valence electrons. The van der Waals surface area contributed by atoms with Gasteiger partial charge in [0.2, 0.25) is 0 Å². The fourth-order valence-electron chi connectivity index (χ4n) is 1.83. The van der Waals surface area contributed by atoms with Crippen molar-refractivity contribution in [2.75, 3.05) is 13.1 Å². The van der Waals surface area contributed by atoms with Gasteiger partial charge in [0.05, 0.1) is 0 Å². The fraction of sp³-hybridized carbons (Fsp3) is 0.571. The largest absolute Gasteiger partial charge is 0.314 e. The number of hydrogen-bond acceptors (Lipinski definition) is 2. The molecule has 2 nitrogen and oxygen atoms in total. The molecule has 0 saturated carbocycles. The quantitative estimate of drug-likeness (QED) is 0.738. The average Bonchev–Trinajstić information content (AvgIpc) is 2.30. The molecule has 0 aliphatic heterocycles. The SMILES string of the molecule is CCNC(C)CCNC(C)c1ccccc1. The standard InChI is InChI=1S/C14H24N2/c1-4-15-12(2)10-11-16-13(3)14-8-6-5-7-9-14/h5-9,12-13,15-16H,4,10-11H2,1-3H3. The summed E-state index contributed by atoms with van der Waals surface area (Å²) in [5.41, 5.74) is 1.36. The van der Waals surface area contributed by atoms with Crippen LogP contribution in [-0.2, 0) is 0 Å². The Morgan fingerprint density at radius 2 is 1.75 bits per heavy atom. The van der Waals surface area contributed by atoms with E-state index < -0.39 is 0 Å². The van der Waals surface area contributed by atoms with Crippen LogP contribution in [0.3, 0.4) is 0 Å². The molecule has 0 aliphatic rings. The normalized spacial score (nSPS) is 14.7. The minimum Gasteiger partial charge on any atom is -0.314 e. The Labute approximate surface area is 99.5 Å². The molecule has 0 aliphatic carbocycles. The highest BCUT2D eigenvalue weighted by Gasteiger charge is 2.04. The number of hydrogen-bond donors (Lipinski definition) is 2. The first-order valence-corrected chi connectivity index (χ1v) is 6.25. The van der Waals surface area contributed by atoms with E-state index in [2.05, 4.69) is 61.7 Å². The highest BCUT2D eigenvalue weighted by Crippen LogP contribution is 2.10. The van der Waals surface area contributed by atoms with Gasteiger partial charge in [0, 0.05) is 12.1 Å². The van der Waals surface area contributed by atoms with Crippen molar-refractivity contribution in [3.05, 3.63) is 35.9 Å². The molecule has 2 unspecified atom stereocenters. The van der Waals surface area contributed by atoms with E-state index >= 15 is 0 Å². The molecule has 1 aromatic rings. The lowest BCUT2D eigenvalue weighted by Crippen LogP contribution is -2.30. The van der Waals surface area contributed by atoms with Crippen molar-refractivity contribution in [2.24, 2.45) is 0 Å². The molecule has 1 rings (SSSR count). The van der Waals surface area contributed by atoms with E-state index in [1.54, 1.807) is 0 Å². The van der Waals surface area contributed by atoms with Gasteiger partial charge < -0.3 is 10.6 Å². The summed E-state index contributed by atoms with van der Waals surface area (Å²) in [4.78, 5) is 0. The van der Waals surface area contributed by atoms with Gasteiger partial charge in [-0.25, -0.2) is 0 Å². The van der Waals surface area contributed by atoms with Gasteiger partial charge in [-0.05, 0) is 38.9 Å². The Kier molecular flexibility index (Phi) is 6.12. The van der Waals surface area contributed by atoms with E-state index in [1.807, 2.05) is 0 Å². The summed E-state index contributed by atoms with van der Waals surface area (Å²) < 4.78 is 0. The third-order valence-electron chi connectivity index (χ3n) is 2.88. The van der Waals surface area contributed by atoms with Gasteiger partial charge >= 0.3 is 0 Å². The molecule has 0 amide bonds. The van der Waals surface area contributed by atoms with Crippen LogP contribution < -0.4 is 10.6 Å². The summed E-state index contributed by atoms with van der Waals surface area (Å²) in [5.74, 6) is 0. The molecule has 2 heteroatoms. The molecular weight excluding hydrogens is 196 g/mol. The maximum atomic E-state index is 3.55. The van der Waals surface area contributed by atoms with Crippen LogP contribution in [0.25, 0.3) is 0 Å². The van der Waals surface area contributed by atoms with Gasteiger partial charge in [0.25, 0.3) is 0 Å². The van der Waals surface area contributed by atoms with Crippen molar-refractivity contribution in [2.45, 2.75) is 39.3 Å². The first-order valence-electron chi connectivity index (χ1n) is 6.25. The van der Waals surface area contributed by atoms with Gasteiger partial charge in [-0.1, -0.05) is 37.3 Å². The Morgan fingerprint density at radius 1 is 1.06 bits per heavy atom. The van der Waals surface area contributed by atoms with Crippen LogP contribution in [0.2, 0.25) is 0 Å². The summed E-state index contributed by atoms with van der Waals surface area (Å²) in [6, 6.07) is 11.6. The van der Waals surface area contributed by atoms with Crippen LogP contribution >= 0.6 is 0 Å². The molecule has 0 radical (unpaired) electrons. The van der Waals surface area contributed by atoms with Crippen LogP contribution in [0.15, 0.2) is 30.3 Å². The third-order valence-corrected chi connectivity index (χ3v) is 2.88. The van der Waals surface area contributed by atoms with Crippen LogP contribution in [0, 0.1) is 0 Å². The molecule has 0 fully saturated rings. The van der Waals surface area contributed by atoms with Gasteiger partial charge in [-0.3, -0.25) is 0 Å². The minimum absolute atomic E-state index is 0.440. The Balaban J connectivity index is 2.23. The second-order valence-corrected chi connectivity index (χ2v) is 4.33. The van der Waals surface area contributed by atoms with Crippen LogP contribution in [0.1, 0.15) is 38.8 Å². The zero-order chi connectivity index (χ0) is 11.8. The summed E-state index contributed by atoms with van der Waals surface area (Å²) in [6.07, 6.45) is 1.17. The first-order chi connectivity index (χ1) is 7.74. The molecule has 0 heterocycles. The van der Waals surface area contributed by atoms with Gasteiger partial charge in [-0.2, -0.15) is 0 Å². The maximum absolute atomic E-state index is 3.55. The second kappa shape index (κ2) is 7.42. The van der Waals surface area contributed by atoms with E-state index in [0.29, 0.717) is 12.1 Å². The molecule has 0 aromatic heterocycles. The van der Waals surface area contributed by atoms with Crippen LogP contribution in [0.4, 0.5) is 0 Å². The monoisotopic (exact) mass is 220 g/mol. The molecular formula is C14H24N2. The Hall–Kier alpha value is -0.860. The van der Waals surface area contributed by atoms with Crippen molar-refractivity contribution in [1.29, 1.82) is 0 Å². The summed E-state index contributed by atoms with van der Waals surface area (Å²) in [7, 11) is 0. The zero-order valence-corrected chi connectivity index (χ0v) is 10.7. The third kappa shape index (κ3) is 4.77. The predicted molar refractivity (Wildman–Crippen MR) is 70.6 cm³/mol. The predicted octanol–water partition coefficient (Wildman–Crippen LogP) is 2.73. The highest BCUT2D eigenvalue weighted by atomic mass is 14.9. The van der Waals surface area contributed by atoms with E-state index in [9.17, 15) is 0 Å². The smallest absolute Gasteiger partial charge is 0.0291 e. The summed E-state index contributed by atoms with van der Waals surface area (Å²) in [6.45, 7) is 8.71. The zero-order valence-electron chi connectivity index (χ0n) is 10.7. The lowest BCUT2D eigenvalue weighted by atomic mass is 10.1. The topological polar surface area (TPSA) is 24.1 Å². The van der Waals surface area contributed by atoms with Crippen molar-refractivity contribution in [1.82, 2.24) is 10.6 Å². The van der Waals surface area contributed by atoms with Gasteiger partial charge in [0.1, 0.15) is 0 Å². The molecule has 0 bridgehead atoms. The molecule has 0 saturated heterocycles. The summed E-state index contributed by atoms with van der Waals surface area (Å²) >= 11 is 0. The van der Waals surface area contributed by atoms with Crippen molar-refractivity contribution >= 4 is 0 Å². The first kappa shape index (κ1) is 13.2. The molecule has 1 aromatic carbocycles. The average molecular weight is 220 g/mol. The molecule has 16 heavy (non-hydrogen) atoms. The molecule has 2 N–H and O–H groups in total. The van der Waals surface area contributed by atoms with E-state index in [-0.39, 0.29) is 0 Å². The van der Waals surface area contributed by atoms with Gasteiger partial charge in [0.15, 0.2) is 0 Å². The van der Waals surface area contributed by atoms with E-state index in [1.165, 1.54) is 12.0 Å². The maximum Gasteiger partial charge on any atom is 0.0291 e. The second-order valence-electron chi connectivity index (χ2n) is 4.33. The molecule has 0 spiro atoms. The van der Waals surface area contributed by atoms with E-state index in [4.69, 9.17) is 0 Å². The Morgan fingerprint density at radius 3 is 2.38 bits per heavy atom. The van der Waals surface area contributed by atoms with Crippen molar-refractivity contribution in [3.8, 4) is 0 Å². The highest BCUT2D eigenvalue weighted by molar-refractivity contribution is 5.17. The molecule has 2 atom stereocenters. The number of nitrogens with one attached hydrogen (secondary N) is 2. The van der Waals surface area contributed by atoms with Crippen molar-refractivity contribution in [3.63, 3.8) is 0 Å². The lowest BCUT2D eigenvalue weighted by molar-refractivity contribution is 0.479. The minimum atomic E-state index is 0.440. The lowest BCUT2D eigenvalue weighted by Gasteiger charge is -2.17. The van der Waals surface area contributed by atoms with Gasteiger partial charge in [-0.15, -0.1) is 0 Å². The van der Waals surface area contributed by atoms with E-state index in [0.717, 1.165) is 13.1 Å². The van der Waals surface area contributed by atoms with Crippen LogP contribution in [-0.4, -0.2) is 19.1 Å². The fourth-order valence-corrected chi connectivity index (χ4v) is 1.83.